The summed E-state index contributed by atoms with van der Waals surface area (Å²) in [5.41, 5.74) is 6.30. The Labute approximate surface area is 113 Å². The minimum Gasteiger partial charge on any atom is -0.421 e. The fourth-order valence-electron chi connectivity index (χ4n) is 1.37. The minimum atomic E-state index is -1.11. The molecule has 0 spiro atoms. The number of halogens is 2. The molecule has 2 rings (SSSR count). The maximum Gasteiger partial charge on any atom is 0.322 e. The van der Waals surface area contributed by atoms with Gasteiger partial charge in [0.15, 0.2) is 11.6 Å². The summed E-state index contributed by atoms with van der Waals surface area (Å²) in [6, 6.07) is 4.99. The molecule has 0 radical (unpaired) electrons. The first-order valence-corrected chi connectivity index (χ1v) is 5.65. The third-order valence-corrected chi connectivity index (χ3v) is 2.41. The second-order valence-electron chi connectivity index (χ2n) is 3.70. The second kappa shape index (κ2) is 5.23. The number of hydrogen-bond donors (Lipinski definition) is 1. The van der Waals surface area contributed by atoms with E-state index in [1.807, 2.05) is 0 Å². The van der Waals surface area contributed by atoms with E-state index in [9.17, 15) is 8.78 Å². The van der Waals surface area contributed by atoms with E-state index in [0.29, 0.717) is 11.4 Å². The fraction of sp³-hybridized carbons (Fsp3) is 0.0833. The third kappa shape index (κ3) is 3.00. The number of aromatic nitrogens is 2. The molecule has 0 atom stereocenters. The highest BCUT2D eigenvalue weighted by Gasteiger charge is 2.12. The van der Waals surface area contributed by atoms with E-state index in [1.54, 1.807) is 13.0 Å². The number of nitrogens with zero attached hydrogens (tertiary/aromatic N) is 2. The predicted octanol–water partition coefficient (Wildman–Crippen LogP) is 2.49. The van der Waals surface area contributed by atoms with Crippen molar-refractivity contribution in [1.82, 2.24) is 9.97 Å². The van der Waals surface area contributed by atoms with Crippen molar-refractivity contribution in [2.45, 2.75) is 6.92 Å². The average Bonchev–Trinajstić information content (AvgIpc) is 2.34. The van der Waals surface area contributed by atoms with Crippen LogP contribution in [0.3, 0.4) is 0 Å². The maximum absolute atomic E-state index is 13.4. The number of thiocarbonyl (C=S) groups is 1. The van der Waals surface area contributed by atoms with Gasteiger partial charge >= 0.3 is 6.01 Å². The zero-order valence-electron chi connectivity index (χ0n) is 9.85. The van der Waals surface area contributed by atoms with Crippen LogP contribution in [0.15, 0.2) is 24.3 Å². The first-order chi connectivity index (χ1) is 8.97. The topological polar surface area (TPSA) is 61.0 Å². The van der Waals surface area contributed by atoms with Gasteiger partial charge in [-0.1, -0.05) is 18.3 Å². The molecule has 0 amide bonds. The van der Waals surface area contributed by atoms with E-state index in [1.165, 1.54) is 12.1 Å². The first kappa shape index (κ1) is 13.3. The fourth-order valence-corrected chi connectivity index (χ4v) is 1.48. The highest BCUT2D eigenvalue weighted by molar-refractivity contribution is 7.80. The Morgan fingerprint density at radius 2 is 2.05 bits per heavy atom. The number of hydrogen-bond acceptors (Lipinski definition) is 4. The van der Waals surface area contributed by atoms with Crippen LogP contribution in [-0.2, 0) is 0 Å². The van der Waals surface area contributed by atoms with Crippen LogP contribution in [0.2, 0.25) is 0 Å². The van der Waals surface area contributed by atoms with Gasteiger partial charge in [-0.25, -0.2) is 9.37 Å². The molecule has 1 aromatic heterocycles. The first-order valence-electron chi connectivity index (χ1n) is 5.24. The summed E-state index contributed by atoms with van der Waals surface area (Å²) in [7, 11) is 0. The standard InChI is InChI=1S/C12H9F2N3OS/c1-6-5-8(11(15)19)17-12(16-6)18-9-4-2-3-7(13)10(9)14/h2-5H,1H3,(H2,15,19). The van der Waals surface area contributed by atoms with E-state index >= 15 is 0 Å². The van der Waals surface area contributed by atoms with Gasteiger partial charge in [-0.2, -0.15) is 9.37 Å². The Morgan fingerprint density at radius 3 is 2.74 bits per heavy atom. The summed E-state index contributed by atoms with van der Waals surface area (Å²) in [5, 5.41) is 0. The van der Waals surface area contributed by atoms with Crippen LogP contribution >= 0.6 is 12.2 Å². The lowest BCUT2D eigenvalue weighted by Gasteiger charge is -2.07. The summed E-state index contributed by atoms with van der Waals surface area (Å²) in [5.74, 6) is -2.43. The van der Waals surface area contributed by atoms with Gasteiger partial charge in [0.25, 0.3) is 0 Å². The van der Waals surface area contributed by atoms with E-state index in [2.05, 4.69) is 9.97 Å². The van der Waals surface area contributed by atoms with Crippen molar-refractivity contribution in [3.05, 3.63) is 47.3 Å². The molecule has 0 aliphatic heterocycles. The Kier molecular flexibility index (Phi) is 3.66. The summed E-state index contributed by atoms with van der Waals surface area (Å²) in [4.78, 5) is 7.92. The van der Waals surface area contributed by atoms with Crippen LogP contribution in [0.1, 0.15) is 11.4 Å². The lowest BCUT2D eigenvalue weighted by Crippen LogP contribution is -2.13. The van der Waals surface area contributed by atoms with Gasteiger partial charge in [-0.05, 0) is 25.1 Å². The molecule has 19 heavy (non-hydrogen) atoms. The van der Waals surface area contributed by atoms with Gasteiger partial charge < -0.3 is 10.5 Å². The Bertz CT molecular complexity index is 649. The largest absolute Gasteiger partial charge is 0.421 e. The van der Waals surface area contributed by atoms with Gasteiger partial charge in [0.1, 0.15) is 10.7 Å². The molecule has 7 heteroatoms. The third-order valence-electron chi connectivity index (χ3n) is 2.20. The Balaban J connectivity index is 2.38. The van der Waals surface area contributed by atoms with Crippen molar-refractivity contribution in [1.29, 1.82) is 0 Å². The molecule has 0 bridgehead atoms. The van der Waals surface area contributed by atoms with Crippen LogP contribution in [0.5, 0.6) is 11.8 Å². The van der Waals surface area contributed by atoms with E-state index < -0.39 is 11.6 Å². The SMILES string of the molecule is Cc1cc(C(N)=S)nc(Oc2cccc(F)c2F)n1. The predicted molar refractivity (Wildman–Crippen MR) is 69.1 cm³/mol. The normalized spacial score (nSPS) is 10.3. The Morgan fingerprint density at radius 1 is 1.32 bits per heavy atom. The second-order valence-corrected chi connectivity index (χ2v) is 4.14. The molecular formula is C12H9F2N3OS. The lowest BCUT2D eigenvalue weighted by atomic mass is 10.3. The van der Waals surface area contributed by atoms with Crippen molar-refractivity contribution in [3.8, 4) is 11.8 Å². The van der Waals surface area contributed by atoms with Crippen LogP contribution in [0.25, 0.3) is 0 Å². The van der Waals surface area contributed by atoms with Crippen molar-refractivity contribution >= 4 is 17.2 Å². The number of nitrogens with two attached hydrogens (primary N) is 1. The average molecular weight is 281 g/mol. The molecule has 0 saturated carbocycles. The van der Waals surface area contributed by atoms with Crippen LogP contribution in [0, 0.1) is 18.6 Å². The zero-order chi connectivity index (χ0) is 14.0. The van der Waals surface area contributed by atoms with Crippen molar-refractivity contribution in [2.24, 2.45) is 5.73 Å². The zero-order valence-corrected chi connectivity index (χ0v) is 10.7. The summed E-state index contributed by atoms with van der Waals surface area (Å²) in [6.07, 6.45) is 0. The maximum atomic E-state index is 13.4. The molecule has 0 aliphatic rings. The van der Waals surface area contributed by atoms with E-state index in [0.717, 1.165) is 6.07 Å². The molecule has 2 N–H and O–H groups in total. The van der Waals surface area contributed by atoms with E-state index in [4.69, 9.17) is 22.7 Å². The molecular weight excluding hydrogens is 272 g/mol. The molecule has 0 fully saturated rings. The van der Waals surface area contributed by atoms with Gasteiger partial charge in [0, 0.05) is 5.69 Å². The summed E-state index contributed by atoms with van der Waals surface area (Å²) >= 11 is 4.79. The molecule has 1 aromatic carbocycles. The number of benzene rings is 1. The van der Waals surface area contributed by atoms with Gasteiger partial charge in [-0.15, -0.1) is 0 Å². The smallest absolute Gasteiger partial charge is 0.322 e. The van der Waals surface area contributed by atoms with Crippen molar-refractivity contribution < 1.29 is 13.5 Å². The monoisotopic (exact) mass is 281 g/mol. The van der Waals surface area contributed by atoms with E-state index in [-0.39, 0.29) is 16.7 Å². The molecule has 0 aliphatic carbocycles. The minimum absolute atomic E-state index is 0.0649. The van der Waals surface area contributed by atoms with Crippen LogP contribution in [0.4, 0.5) is 8.78 Å². The molecule has 0 saturated heterocycles. The highest BCUT2D eigenvalue weighted by atomic mass is 32.1. The molecule has 4 nitrogen and oxygen atoms in total. The van der Waals surface area contributed by atoms with Crippen LogP contribution in [-0.4, -0.2) is 15.0 Å². The van der Waals surface area contributed by atoms with Gasteiger partial charge in [0.05, 0.1) is 0 Å². The summed E-state index contributed by atoms with van der Waals surface area (Å²) in [6.45, 7) is 1.68. The quantitative estimate of drug-likeness (QED) is 0.876. The van der Waals surface area contributed by atoms with Crippen molar-refractivity contribution in [3.63, 3.8) is 0 Å². The number of ether oxygens (including phenoxy) is 1. The lowest BCUT2D eigenvalue weighted by molar-refractivity contribution is 0.392. The molecule has 2 aromatic rings. The van der Waals surface area contributed by atoms with Crippen molar-refractivity contribution in [2.75, 3.05) is 0 Å². The Hall–Kier alpha value is -2.15. The van der Waals surface area contributed by atoms with Gasteiger partial charge in [0.2, 0.25) is 5.82 Å². The molecule has 1 heterocycles. The van der Waals surface area contributed by atoms with Gasteiger partial charge in [-0.3, -0.25) is 0 Å². The van der Waals surface area contributed by atoms with Crippen LogP contribution < -0.4 is 10.5 Å². The number of rotatable bonds is 3. The number of aryl methyl sites for hydroxylation is 1. The highest BCUT2D eigenvalue weighted by Crippen LogP contribution is 2.23. The summed E-state index contributed by atoms with van der Waals surface area (Å²) < 4.78 is 31.6. The molecule has 98 valence electrons. The molecule has 0 unspecified atom stereocenters.